The number of rotatable bonds is 9. The van der Waals surface area contributed by atoms with Crippen molar-refractivity contribution >= 4 is 23.6 Å². The molecule has 0 saturated heterocycles. The van der Waals surface area contributed by atoms with Gasteiger partial charge in [-0.2, -0.15) is 0 Å². The number of aryl methyl sites for hydroxylation is 2. The molecule has 0 fully saturated rings. The monoisotopic (exact) mass is 495 g/mol. The van der Waals surface area contributed by atoms with Crippen LogP contribution in [0.15, 0.2) is 47.7 Å². The Morgan fingerprint density at radius 1 is 1.08 bits per heavy atom. The van der Waals surface area contributed by atoms with Gasteiger partial charge in [0.25, 0.3) is 5.91 Å². The van der Waals surface area contributed by atoms with E-state index in [1.165, 1.54) is 7.11 Å². The Morgan fingerprint density at radius 2 is 1.83 bits per heavy atom. The third-order valence-corrected chi connectivity index (χ3v) is 5.61. The van der Waals surface area contributed by atoms with Gasteiger partial charge in [-0.1, -0.05) is 30.7 Å². The van der Waals surface area contributed by atoms with Crippen molar-refractivity contribution in [2.45, 2.75) is 53.2 Å². The Kier molecular flexibility index (Phi) is 8.58. The highest BCUT2D eigenvalue weighted by Crippen LogP contribution is 2.35. The summed E-state index contributed by atoms with van der Waals surface area (Å²) in [6.45, 7) is 9.06. The van der Waals surface area contributed by atoms with Gasteiger partial charge in [0.05, 0.1) is 24.8 Å². The molecule has 36 heavy (non-hydrogen) atoms. The van der Waals surface area contributed by atoms with Gasteiger partial charge in [0.1, 0.15) is 0 Å². The Bertz CT molecular complexity index is 1190. The number of urea groups is 1. The number of ether oxygens (including phenoxy) is 3. The lowest BCUT2D eigenvalue weighted by Crippen LogP contribution is -2.46. The molecule has 0 radical (unpaired) electrons. The van der Waals surface area contributed by atoms with Crippen LogP contribution in [0.25, 0.3) is 0 Å². The number of carbonyl (C=O) groups is 3. The molecule has 0 bridgehead atoms. The molecule has 3 rings (SSSR count). The van der Waals surface area contributed by atoms with Gasteiger partial charge >= 0.3 is 12.0 Å². The highest BCUT2D eigenvalue weighted by atomic mass is 16.5. The zero-order chi connectivity index (χ0) is 26.4. The van der Waals surface area contributed by atoms with Crippen LogP contribution in [0, 0.1) is 13.8 Å². The minimum atomic E-state index is -0.740. The molecule has 1 aliphatic rings. The summed E-state index contributed by atoms with van der Waals surface area (Å²) < 4.78 is 16.6. The van der Waals surface area contributed by atoms with Crippen LogP contribution >= 0.6 is 0 Å². The number of anilines is 1. The van der Waals surface area contributed by atoms with E-state index in [2.05, 4.69) is 16.0 Å². The molecular formula is C27H33N3O6. The molecule has 9 nitrogen and oxygen atoms in total. The molecule has 0 aromatic heterocycles. The second-order valence-corrected chi connectivity index (χ2v) is 8.80. The van der Waals surface area contributed by atoms with Gasteiger partial charge in [0, 0.05) is 11.4 Å². The number of allylic oxidation sites excluding steroid dienone is 1. The van der Waals surface area contributed by atoms with Gasteiger partial charge in [-0.3, -0.25) is 4.79 Å². The summed E-state index contributed by atoms with van der Waals surface area (Å²) in [7, 11) is 1.48. The molecule has 1 atom stereocenters. The van der Waals surface area contributed by atoms with Gasteiger partial charge in [0.15, 0.2) is 18.1 Å². The lowest BCUT2D eigenvalue weighted by Gasteiger charge is -2.30. The van der Waals surface area contributed by atoms with E-state index in [9.17, 15) is 14.4 Å². The van der Waals surface area contributed by atoms with Crippen molar-refractivity contribution in [3.63, 3.8) is 0 Å². The number of esters is 1. The zero-order valence-electron chi connectivity index (χ0n) is 21.5. The van der Waals surface area contributed by atoms with E-state index in [1.54, 1.807) is 32.0 Å². The topological polar surface area (TPSA) is 115 Å². The van der Waals surface area contributed by atoms with E-state index in [1.807, 2.05) is 39.0 Å². The lowest BCUT2D eigenvalue weighted by atomic mass is 9.94. The van der Waals surface area contributed by atoms with Gasteiger partial charge in [0.2, 0.25) is 0 Å². The van der Waals surface area contributed by atoms with Crippen LogP contribution in [-0.4, -0.2) is 37.7 Å². The zero-order valence-corrected chi connectivity index (χ0v) is 21.5. The van der Waals surface area contributed by atoms with E-state index in [0.717, 1.165) is 16.8 Å². The number of hydrogen-bond acceptors (Lipinski definition) is 6. The number of methoxy groups -OCH3 is 1. The maximum Gasteiger partial charge on any atom is 0.338 e. The fraction of sp³-hybridized carbons (Fsp3) is 0.370. The second-order valence-electron chi connectivity index (χ2n) is 8.80. The molecule has 3 N–H and O–H groups in total. The molecule has 1 heterocycles. The normalized spacial score (nSPS) is 15.2. The second kappa shape index (κ2) is 11.6. The number of hydrogen-bond donors (Lipinski definition) is 3. The van der Waals surface area contributed by atoms with E-state index in [4.69, 9.17) is 14.2 Å². The molecule has 1 unspecified atom stereocenters. The Balaban J connectivity index is 1.80. The minimum Gasteiger partial charge on any atom is -0.493 e. The van der Waals surface area contributed by atoms with Gasteiger partial charge < -0.3 is 30.2 Å². The smallest absolute Gasteiger partial charge is 0.338 e. The highest BCUT2D eigenvalue weighted by Gasteiger charge is 2.34. The van der Waals surface area contributed by atoms with Crippen molar-refractivity contribution in [1.29, 1.82) is 0 Å². The first-order valence-corrected chi connectivity index (χ1v) is 11.8. The van der Waals surface area contributed by atoms with Gasteiger partial charge in [-0.15, -0.1) is 0 Å². The Morgan fingerprint density at radius 3 is 2.47 bits per heavy atom. The third-order valence-electron chi connectivity index (χ3n) is 5.61. The predicted octanol–water partition coefficient (Wildman–Crippen LogP) is 4.30. The van der Waals surface area contributed by atoms with Crippen molar-refractivity contribution in [3.05, 3.63) is 64.4 Å². The van der Waals surface area contributed by atoms with Gasteiger partial charge in [-0.25, -0.2) is 9.59 Å². The lowest BCUT2D eigenvalue weighted by molar-refractivity contribution is -0.143. The summed E-state index contributed by atoms with van der Waals surface area (Å²) >= 11 is 0. The summed E-state index contributed by atoms with van der Waals surface area (Å²) in [5.74, 6) is -0.118. The fourth-order valence-corrected chi connectivity index (χ4v) is 3.93. The van der Waals surface area contributed by atoms with E-state index >= 15 is 0 Å². The molecule has 9 heteroatoms. The van der Waals surface area contributed by atoms with E-state index in [0.29, 0.717) is 34.8 Å². The average molecular weight is 496 g/mol. The molecule has 192 valence electrons. The maximum atomic E-state index is 12.9. The standard InChI is InChI=1S/C27H33N3O6/c1-7-19-24(26(32)36-15(2)3)25(30-27(33)29-19)18-9-11-21(22(13-18)34-6)35-14-23(31)28-20-10-8-16(4)12-17(20)5/h8-13,15,25H,7,14H2,1-6H3,(H,28,31)(H2,29,30,33). The van der Waals surface area contributed by atoms with Crippen LogP contribution in [0.3, 0.4) is 0 Å². The molecule has 3 amide bonds. The predicted molar refractivity (Wildman–Crippen MR) is 136 cm³/mol. The summed E-state index contributed by atoms with van der Waals surface area (Å²) in [6.07, 6.45) is 0.127. The van der Waals surface area contributed by atoms with Crippen LogP contribution in [0.2, 0.25) is 0 Å². The van der Waals surface area contributed by atoms with Crippen LogP contribution in [0.1, 0.15) is 49.9 Å². The van der Waals surface area contributed by atoms with E-state index < -0.39 is 18.0 Å². The van der Waals surface area contributed by atoms with Crippen molar-refractivity contribution in [3.8, 4) is 11.5 Å². The highest BCUT2D eigenvalue weighted by molar-refractivity contribution is 5.95. The molecule has 0 saturated carbocycles. The first kappa shape index (κ1) is 26.6. The molecular weight excluding hydrogens is 462 g/mol. The molecule has 0 aliphatic carbocycles. The van der Waals surface area contributed by atoms with Crippen LogP contribution in [-0.2, 0) is 14.3 Å². The summed E-state index contributed by atoms with van der Waals surface area (Å²) in [4.78, 5) is 37.6. The number of carbonyl (C=O) groups excluding carboxylic acids is 3. The van der Waals surface area contributed by atoms with Crippen LogP contribution in [0.4, 0.5) is 10.5 Å². The maximum absolute atomic E-state index is 12.9. The summed E-state index contributed by atoms with van der Waals surface area (Å²) in [6, 6.07) is 9.64. The first-order chi connectivity index (χ1) is 17.1. The first-order valence-electron chi connectivity index (χ1n) is 11.8. The van der Waals surface area contributed by atoms with Crippen LogP contribution in [0.5, 0.6) is 11.5 Å². The Hall–Kier alpha value is -4.01. The Labute approximate surface area is 211 Å². The average Bonchev–Trinajstić information content (AvgIpc) is 2.83. The fourth-order valence-electron chi connectivity index (χ4n) is 3.93. The number of benzene rings is 2. The van der Waals surface area contributed by atoms with Gasteiger partial charge in [-0.05, 0) is 63.4 Å². The van der Waals surface area contributed by atoms with E-state index in [-0.39, 0.29) is 18.6 Å². The van der Waals surface area contributed by atoms with Crippen molar-refractivity contribution in [1.82, 2.24) is 10.6 Å². The van der Waals surface area contributed by atoms with Crippen molar-refractivity contribution in [2.75, 3.05) is 19.0 Å². The summed E-state index contributed by atoms with van der Waals surface area (Å²) in [5, 5.41) is 8.33. The molecule has 2 aromatic rings. The quantitative estimate of drug-likeness (QED) is 0.447. The minimum absolute atomic E-state index is 0.223. The van der Waals surface area contributed by atoms with Crippen molar-refractivity contribution < 1.29 is 28.6 Å². The molecule has 2 aromatic carbocycles. The molecule has 0 spiro atoms. The molecule has 1 aliphatic heterocycles. The SMILES string of the molecule is CCC1=C(C(=O)OC(C)C)C(c2ccc(OCC(=O)Nc3ccc(C)cc3C)c(OC)c2)NC(=O)N1. The number of nitrogens with one attached hydrogen (secondary N) is 3. The largest absolute Gasteiger partial charge is 0.493 e. The summed E-state index contributed by atoms with van der Waals surface area (Å²) in [5.41, 5.74) is 4.22. The number of amides is 3. The third kappa shape index (κ3) is 6.35. The van der Waals surface area contributed by atoms with Crippen LogP contribution < -0.4 is 25.4 Å². The van der Waals surface area contributed by atoms with Crippen molar-refractivity contribution in [2.24, 2.45) is 0 Å².